The number of hydrogen-bond donors (Lipinski definition) is 0. The van der Waals surface area contributed by atoms with Crippen molar-refractivity contribution in [3.05, 3.63) is 89.5 Å². The Hall–Kier alpha value is -3.74. The number of anilines is 1. The molecule has 0 aliphatic carbocycles. The summed E-state index contributed by atoms with van der Waals surface area (Å²) in [6.45, 7) is 3.95. The van der Waals surface area contributed by atoms with E-state index in [1.54, 1.807) is 41.6 Å². The van der Waals surface area contributed by atoms with Gasteiger partial charge < -0.3 is 9.64 Å². The molecule has 1 aliphatic rings. The molecular weight excluding hydrogens is 421 g/mol. The number of fused-ring (bicyclic) bond motifs is 1. The van der Waals surface area contributed by atoms with E-state index < -0.39 is 6.10 Å². The molecule has 0 saturated carbocycles. The van der Waals surface area contributed by atoms with Crippen LogP contribution in [0.15, 0.2) is 67.0 Å². The molecule has 0 radical (unpaired) electrons. The molecule has 6 nitrogen and oxygen atoms in total. The van der Waals surface area contributed by atoms with Gasteiger partial charge in [0, 0.05) is 31.0 Å². The number of pyridine rings is 1. The SMILES string of the molecule is CC[C@H]1Oc2ccc(C)cc2N(CC(=O)N(Cc2cccnc2)Cc2ccccc2F)C1=O. The molecule has 2 amide bonds. The molecule has 2 aromatic carbocycles. The first-order valence-corrected chi connectivity index (χ1v) is 10.9. The van der Waals surface area contributed by atoms with Crippen LogP contribution in [0.2, 0.25) is 0 Å². The summed E-state index contributed by atoms with van der Waals surface area (Å²) < 4.78 is 20.2. The van der Waals surface area contributed by atoms with Gasteiger partial charge >= 0.3 is 0 Å². The van der Waals surface area contributed by atoms with Crippen LogP contribution < -0.4 is 9.64 Å². The number of rotatable bonds is 7. The largest absolute Gasteiger partial charge is 0.478 e. The number of carbonyl (C=O) groups excluding carboxylic acids is 2. The zero-order valence-electron chi connectivity index (χ0n) is 18.7. The zero-order chi connectivity index (χ0) is 23.4. The molecule has 0 fully saturated rings. The number of benzene rings is 2. The van der Waals surface area contributed by atoms with E-state index in [1.807, 2.05) is 38.1 Å². The van der Waals surface area contributed by atoms with Crippen molar-refractivity contribution >= 4 is 17.5 Å². The van der Waals surface area contributed by atoms with Crippen LogP contribution in [0.1, 0.15) is 30.0 Å². The van der Waals surface area contributed by atoms with Crippen LogP contribution in [0, 0.1) is 12.7 Å². The molecule has 7 heteroatoms. The van der Waals surface area contributed by atoms with Crippen LogP contribution >= 0.6 is 0 Å². The fraction of sp³-hybridized carbons (Fsp3) is 0.269. The van der Waals surface area contributed by atoms with Crippen molar-refractivity contribution in [3.63, 3.8) is 0 Å². The average molecular weight is 448 g/mol. The van der Waals surface area contributed by atoms with E-state index in [2.05, 4.69) is 4.98 Å². The predicted octanol–water partition coefficient (Wildman–Crippen LogP) is 4.26. The smallest absolute Gasteiger partial charge is 0.268 e. The maximum atomic E-state index is 14.4. The Kier molecular flexibility index (Phi) is 6.68. The molecular formula is C26H26FN3O3. The van der Waals surface area contributed by atoms with E-state index in [0.717, 1.165) is 11.1 Å². The molecule has 0 N–H and O–H groups in total. The topological polar surface area (TPSA) is 62.7 Å². The molecule has 0 bridgehead atoms. The lowest BCUT2D eigenvalue weighted by molar-refractivity contribution is -0.134. The third kappa shape index (κ3) is 5.03. The van der Waals surface area contributed by atoms with Crippen molar-refractivity contribution in [2.24, 2.45) is 0 Å². The standard InChI is InChI=1S/C26H26FN3O3/c1-3-23-26(32)30(22-13-18(2)10-11-24(22)33-23)17-25(31)29(15-19-7-6-12-28-14-19)16-20-8-4-5-9-21(20)27/h4-14,23H,3,15-17H2,1-2H3/t23-/m1/s1. The van der Waals surface area contributed by atoms with E-state index in [1.165, 1.54) is 11.0 Å². The lowest BCUT2D eigenvalue weighted by Crippen LogP contribution is -2.50. The minimum Gasteiger partial charge on any atom is -0.478 e. The van der Waals surface area contributed by atoms with Gasteiger partial charge in [-0.3, -0.25) is 19.5 Å². The van der Waals surface area contributed by atoms with Crippen molar-refractivity contribution in [3.8, 4) is 5.75 Å². The minimum atomic E-state index is -0.647. The summed E-state index contributed by atoms with van der Waals surface area (Å²) in [7, 11) is 0. The summed E-state index contributed by atoms with van der Waals surface area (Å²) in [4.78, 5) is 33.8. The first kappa shape index (κ1) is 22.5. The lowest BCUT2D eigenvalue weighted by Gasteiger charge is -2.35. The van der Waals surface area contributed by atoms with Crippen molar-refractivity contribution in [1.29, 1.82) is 0 Å². The Morgan fingerprint density at radius 2 is 1.97 bits per heavy atom. The molecule has 0 spiro atoms. The van der Waals surface area contributed by atoms with Crippen molar-refractivity contribution < 1.29 is 18.7 Å². The maximum absolute atomic E-state index is 14.4. The Morgan fingerprint density at radius 1 is 1.15 bits per heavy atom. The molecule has 0 unspecified atom stereocenters. The number of carbonyl (C=O) groups is 2. The van der Waals surface area contributed by atoms with Gasteiger partial charge in [0.25, 0.3) is 5.91 Å². The van der Waals surface area contributed by atoms with Gasteiger partial charge in [0.1, 0.15) is 18.1 Å². The highest BCUT2D eigenvalue weighted by molar-refractivity contribution is 6.03. The second kappa shape index (κ2) is 9.81. The molecule has 1 atom stereocenters. The Balaban J connectivity index is 1.64. The fourth-order valence-electron chi connectivity index (χ4n) is 3.87. The summed E-state index contributed by atoms with van der Waals surface area (Å²) in [6.07, 6.45) is 3.17. The van der Waals surface area contributed by atoms with E-state index in [9.17, 15) is 14.0 Å². The summed E-state index contributed by atoms with van der Waals surface area (Å²) in [6, 6.07) is 15.6. The maximum Gasteiger partial charge on any atom is 0.268 e. The summed E-state index contributed by atoms with van der Waals surface area (Å²) in [5.74, 6) is -0.348. The normalized spacial score (nSPS) is 15.1. The predicted molar refractivity (Wildman–Crippen MR) is 123 cm³/mol. The number of aryl methyl sites for hydroxylation is 1. The fourth-order valence-corrected chi connectivity index (χ4v) is 3.87. The number of hydrogen-bond acceptors (Lipinski definition) is 4. The first-order valence-electron chi connectivity index (χ1n) is 10.9. The van der Waals surface area contributed by atoms with Gasteiger partial charge in [0.05, 0.1) is 5.69 Å². The quantitative estimate of drug-likeness (QED) is 0.543. The summed E-state index contributed by atoms with van der Waals surface area (Å²) >= 11 is 0. The number of amides is 2. The second-order valence-corrected chi connectivity index (χ2v) is 8.11. The molecule has 1 aromatic heterocycles. The second-order valence-electron chi connectivity index (χ2n) is 8.11. The van der Waals surface area contributed by atoms with Gasteiger partial charge in [-0.15, -0.1) is 0 Å². The van der Waals surface area contributed by atoms with Crippen LogP contribution in [-0.4, -0.2) is 34.3 Å². The van der Waals surface area contributed by atoms with Gasteiger partial charge in [0.2, 0.25) is 5.91 Å². The highest BCUT2D eigenvalue weighted by Gasteiger charge is 2.35. The van der Waals surface area contributed by atoms with Crippen LogP contribution in [0.3, 0.4) is 0 Å². The monoisotopic (exact) mass is 447 g/mol. The van der Waals surface area contributed by atoms with Crippen molar-refractivity contribution in [2.75, 3.05) is 11.4 Å². The molecule has 170 valence electrons. The number of halogens is 1. The van der Waals surface area contributed by atoms with Crippen LogP contribution in [0.25, 0.3) is 0 Å². The lowest BCUT2D eigenvalue weighted by atomic mass is 10.1. The number of nitrogens with zero attached hydrogens (tertiary/aromatic N) is 3. The number of ether oxygens (including phenoxy) is 1. The van der Waals surface area contributed by atoms with E-state index >= 15 is 0 Å². The third-order valence-corrected chi connectivity index (χ3v) is 5.65. The Labute approximate surface area is 192 Å². The van der Waals surface area contributed by atoms with Gasteiger partial charge in [0.15, 0.2) is 6.10 Å². The summed E-state index contributed by atoms with van der Waals surface area (Å²) in [5, 5.41) is 0. The molecule has 0 saturated heterocycles. The molecule has 1 aliphatic heterocycles. The van der Waals surface area contributed by atoms with Crippen LogP contribution in [-0.2, 0) is 22.7 Å². The number of aromatic nitrogens is 1. The van der Waals surface area contributed by atoms with Gasteiger partial charge in [-0.05, 0) is 48.7 Å². The van der Waals surface area contributed by atoms with Gasteiger partial charge in [-0.1, -0.05) is 37.3 Å². The average Bonchev–Trinajstić information content (AvgIpc) is 2.82. The van der Waals surface area contributed by atoms with E-state index in [0.29, 0.717) is 23.4 Å². The molecule has 3 aromatic rings. The molecule has 33 heavy (non-hydrogen) atoms. The van der Waals surface area contributed by atoms with Crippen molar-refractivity contribution in [2.45, 2.75) is 39.5 Å². The Bertz CT molecular complexity index is 1150. The van der Waals surface area contributed by atoms with Gasteiger partial charge in [-0.2, -0.15) is 0 Å². The Morgan fingerprint density at radius 3 is 2.70 bits per heavy atom. The highest BCUT2D eigenvalue weighted by Crippen LogP contribution is 2.35. The molecule has 2 heterocycles. The van der Waals surface area contributed by atoms with Gasteiger partial charge in [-0.25, -0.2) is 4.39 Å². The first-order chi connectivity index (χ1) is 16.0. The van der Waals surface area contributed by atoms with Crippen LogP contribution in [0.5, 0.6) is 5.75 Å². The summed E-state index contributed by atoms with van der Waals surface area (Å²) in [5.41, 5.74) is 2.75. The third-order valence-electron chi connectivity index (χ3n) is 5.65. The van der Waals surface area contributed by atoms with E-state index in [4.69, 9.17) is 4.74 Å². The molecule has 4 rings (SSSR count). The van der Waals surface area contributed by atoms with Crippen LogP contribution in [0.4, 0.5) is 10.1 Å². The van der Waals surface area contributed by atoms with Crippen molar-refractivity contribution in [1.82, 2.24) is 9.88 Å². The highest BCUT2D eigenvalue weighted by atomic mass is 19.1. The minimum absolute atomic E-state index is 0.0802. The zero-order valence-corrected chi connectivity index (χ0v) is 18.7. The van der Waals surface area contributed by atoms with E-state index in [-0.39, 0.29) is 37.3 Å².